The summed E-state index contributed by atoms with van der Waals surface area (Å²) in [6.45, 7) is 2.43. The largest absolute Gasteiger partial charge is 0.383 e. The number of para-hydroxylation sites is 1. The minimum Gasteiger partial charge on any atom is -0.383 e. The molecule has 1 aliphatic rings. The Kier molecular flexibility index (Phi) is 7.55. The number of aromatic nitrogens is 5. The van der Waals surface area contributed by atoms with Gasteiger partial charge in [0.1, 0.15) is 29.6 Å². The molecule has 2 aromatic carbocycles. The molecule has 12 nitrogen and oxygen atoms in total. The van der Waals surface area contributed by atoms with Gasteiger partial charge < -0.3 is 21.1 Å². The molecular weight excluding hydrogens is 548 g/mol. The van der Waals surface area contributed by atoms with E-state index in [0.29, 0.717) is 46.7 Å². The highest BCUT2D eigenvalue weighted by Gasteiger charge is 2.25. The van der Waals surface area contributed by atoms with Crippen LogP contribution in [0.1, 0.15) is 47.6 Å². The number of nitrogens with one attached hydrogen (secondary N) is 2. The van der Waals surface area contributed by atoms with Gasteiger partial charge in [-0.05, 0) is 44.0 Å². The number of anilines is 1. The van der Waals surface area contributed by atoms with Crippen molar-refractivity contribution in [3.05, 3.63) is 94.6 Å². The molecule has 5 aromatic rings. The van der Waals surface area contributed by atoms with Gasteiger partial charge in [0.15, 0.2) is 5.65 Å². The average Bonchev–Trinajstić information content (AvgIpc) is 3.72. The number of fused-ring (bicyclic) bond motifs is 2. The van der Waals surface area contributed by atoms with E-state index in [0.717, 1.165) is 6.42 Å². The molecule has 4 heterocycles. The SMILES string of the molecule is CC(NC(=O)c1c(N)ncn2ccnc12)c1nc2cccc(C#CCNC(=O)C3CCCO3)c2c(=O)n1-c1ccccc1. The summed E-state index contributed by atoms with van der Waals surface area (Å²) in [5.41, 5.74) is 7.65. The molecule has 4 N–H and O–H groups in total. The molecule has 0 radical (unpaired) electrons. The van der Waals surface area contributed by atoms with Gasteiger partial charge in [-0.25, -0.2) is 15.0 Å². The minimum absolute atomic E-state index is 0.0329. The van der Waals surface area contributed by atoms with Gasteiger partial charge in [-0.1, -0.05) is 36.1 Å². The Balaban J connectivity index is 1.37. The van der Waals surface area contributed by atoms with Gasteiger partial charge >= 0.3 is 0 Å². The lowest BCUT2D eigenvalue weighted by Gasteiger charge is -2.20. The molecule has 3 aromatic heterocycles. The maximum Gasteiger partial charge on any atom is 0.267 e. The van der Waals surface area contributed by atoms with Crippen molar-refractivity contribution >= 4 is 34.2 Å². The van der Waals surface area contributed by atoms with Crippen molar-refractivity contribution in [1.29, 1.82) is 0 Å². The number of nitrogen functional groups attached to an aromatic ring is 1. The first kappa shape index (κ1) is 27.6. The minimum atomic E-state index is -0.720. The maximum atomic E-state index is 14.2. The van der Waals surface area contributed by atoms with Crippen LogP contribution in [0, 0.1) is 11.8 Å². The number of amides is 2. The number of rotatable bonds is 6. The molecule has 0 saturated carbocycles. The van der Waals surface area contributed by atoms with E-state index in [-0.39, 0.29) is 29.4 Å². The highest BCUT2D eigenvalue weighted by atomic mass is 16.5. The number of nitrogens with zero attached hydrogens (tertiary/aromatic N) is 5. The van der Waals surface area contributed by atoms with Gasteiger partial charge in [-0.2, -0.15) is 0 Å². The van der Waals surface area contributed by atoms with Crippen LogP contribution in [-0.2, 0) is 9.53 Å². The molecule has 2 unspecified atom stereocenters. The van der Waals surface area contributed by atoms with Gasteiger partial charge in [0.25, 0.3) is 11.5 Å². The first-order valence-electron chi connectivity index (χ1n) is 13.8. The zero-order valence-electron chi connectivity index (χ0n) is 23.3. The van der Waals surface area contributed by atoms with Crippen LogP contribution in [-0.4, -0.2) is 55.0 Å². The molecule has 0 bridgehead atoms. The van der Waals surface area contributed by atoms with Gasteiger partial charge in [0, 0.05) is 24.6 Å². The zero-order valence-corrected chi connectivity index (χ0v) is 23.3. The molecule has 2 atom stereocenters. The molecule has 0 spiro atoms. The smallest absolute Gasteiger partial charge is 0.267 e. The predicted octanol–water partition coefficient (Wildman–Crippen LogP) is 2.15. The third kappa shape index (κ3) is 5.41. The van der Waals surface area contributed by atoms with Crippen molar-refractivity contribution in [3.63, 3.8) is 0 Å². The van der Waals surface area contributed by atoms with E-state index in [4.69, 9.17) is 15.5 Å². The van der Waals surface area contributed by atoms with Crippen molar-refractivity contribution in [1.82, 2.24) is 34.6 Å². The first-order valence-corrected chi connectivity index (χ1v) is 13.8. The average molecular weight is 577 g/mol. The number of imidazole rings is 1. The molecule has 0 aliphatic carbocycles. The molecule has 1 fully saturated rings. The van der Waals surface area contributed by atoms with E-state index in [1.165, 1.54) is 10.9 Å². The number of hydrogen-bond donors (Lipinski definition) is 3. The third-order valence-electron chi connectivity index (χ3n) is 7.17. The molecule has 2 amide bonds. The summed E-state index contributed by atoms with van der Waals surface area (Å²) in [5, 5.41) is 6.00. The van der Waals surface area contributed by atoms with Crippen LogP contribution < -0.4 is 21.9 Å². The summed E-state index contributed by atoms with van der Waals surface area (Å²) >= 11 is 0. The Hall–Kier alpha value is -5.54. The lowest BCUT2D eigenvalue weighted by molar-refractivity contribution is -0.129. The second-order valence-corrected chi connectivity index (χ2v) is 10.0. The highest BCUT2D eigenvalue weighted by Crippen LogP contribution is 2.22. The molecule has 43 heavy (non-hydrogen) atoms. The number of benzene rings is 2. The van der Waals surface area contributed by atoms with E-state index in [1.54, 1.807) is 54.0 Å². The van der Waals surface area contributed by atoms with Gasteiger partial charge in [0.05, 0.1) is 29.2 Å². The summed E-state index contributed by atoms with van der Waals surface area (Å²) < 4.78 is 8.47. The van der Waals surface area contributed by atoms with E-state index in [9.17, 15) is 14.4 Å². The summed E-state index contributed by atoms with van der Waals surface area (Å²) in [7, 11) is 0. The van der Waals surface area contributed by atoms with Crippen LogP contribution in [0.15, 0.2) is 72.0 Å². The van der Waals surface area contributed by atoms with Crippen molar-refractivity contribution in [3.8, 4) is 17.5 Å². The predicted molar refractivity (Wildman–Crippen MR) is 159 cm³/mol. The van der Waals surface area contributed by atoms with Gasteiger partial charge in [0.2, 0.25) is 5.91 Å². The van der Waals surface area contributed by atoms with Crippen LogP contribution in [0.5, 0.6) is 0 Å². The van der Waals surface area contributed by atoms with Gasteiger partial charge in [-0.3, -0.25) is 23.4 Å². The van der Waals surface area contributed by atoms with Crippen molar-refractivity contribution in [2.75, 3.05) is 18.9 Å². The molecule has 216 valence electrons. The monoisotopic (exact) mass is 576 g/mol. The highest BCUT2D eigenvalue weighted by molar-refractivity contribution is 6.04. The van der Waals surface area contributed by atoms with Crippen molar-refractivity contribution in [2.45, 2.75) is 31.9 Å². The Morgan fingerprint density at radius 1 is 1.16 bits per heavy atom. The lowest BCUT2D eigenvalue weighted by atomic mass is 10.1. The number of ether oxygens (including phenoxy) is 1. The fourth-order valence-electron chi connectivity index (χ4n) is 5.09. The normalized spacial score (nSPS) is 15.1. The number of carbonyl (C=O) groups is 2. The Morgan fingerprint density at radius 2 is 2.00 bits per heavy atom. The summed E-state index contributed by atoms with van der Waals surface area (Å²) in [4.78, 5) is 53.0. The van der Waals surface area contributed by atoms with Crippen LogP contribution in [0.25, 0.3) is 22.2 Å². The summed E-state index contributed by atoms with van der Waals surface area (Å²) in [5.74, 6) is 5.60. The Labute approximate surface area is 245 Å². The second kappa shape index (κ2) is 11.8. The molecule has 1 saturated heterocycles. The van der Waals surface area contributed by atoms with Crippen LogP contribution in [0.4, 0.5) is 5.82 Å². The fraction of sp³-hybridized carbons (Fsp3) is 0.226. The summed E-state index contributed by atoms with van der Waals surface area (Å²) in [6, 6.07) is 13.5. The quantitative estimate of drug-likeness (QED) is 0.260. The standard InChI is InChI=1S/C31H28N8O4/c1-19(36-30(41)25-26(32)35-18-38-16-15-33-28(25)38)27-37-22-12-5-8-20(9-6-14-34-29(40)23-13-7-17-43-23)24(22)31(42)39(27)21-10-3-2-4-11-21/h2-5,8,10-12,15-16,18-19,23H,7,13-14,17,32H2,1H3,(H,34,40)(H,36,41). The molecule has 6 rings (SSSR count). The number of hydrogen-bond acceptors (Lipinski definition) is 8. The van der Waals surface area contributed by atoms with Gasteiger partial charge in [-0.15, -0.1) is 0 Å². The fourth-order valence-corrected chi connectivity index (χ4v) is 5.09. The molecule has 1 aliphatic heterocycles. The Bertz CT molecular complexity index is 1970. The molecule has 12 heteroatoms. The maximum absolute atomic E-state index is 14.2. The van der Waals surface area contributed by atoms with E-state index >= 15 is 0 Å². The number of carbonyl (C=O) groups excluding carboxylic acids is 2. The van der Waals surface area contributed by atoms with Crippen LogP contribution in [0.3, 0.4) is 0 Å². The second-order valence-electron chi connectivity index (χ2n) is 10.0. The van der Waals surface area contributed by atoms with Crippen LogP contribution >= 0.6 is 0 Å². The first-order chi connectivity index (χ1) is 20.9. The lowest BCUT2D eigenvalue weighted by Crippen LogP contribution is -2.34. The summed E-state index contributed by atoms with van der Waals surface area (Å²) in [6.07, 6.45) is 5.80. The van der Waals surface area contributed by atoms with Crippen molar-refractivity contribution in [2.24, 2.45) is 0 Å². The topological polar surface area (TPSA) is 159 Å². The molecular formula is C31H28N8O4. The van der Waals surface area contributed by atoms with E-state index in [2.05, 4.69) is 32.4 Å². The van der Waals surface area contributed by atoms with E-state index in [1.807, 2.05) is 18.2 Å². The van der Waals surface area contributed by atoms with Crippen LogP contribution in [0.2, 0.25) is 0 Å². The van der Waals surface area contributed by atoms with E-state index < -0.39 is 18.1 Å². The zero-order chi connectivity index (χ0) is 29.9. The van der Waals surface area contributed by atoms with Crippen molar-refractivity contribution < 1.29 is 14.3 Å². The third-order valence-corrected chi connectivity index (χ3v) is 7.17. The number of nitrogens with two attached hydrogens (primary N) is 1. The Morgan fingerprint density at radius 3 is 2.79 bits per heavy atom.